The normalized spacial score (nSPS) is 17.2. The zero-order chi connectivity index (χ0) is 21.0. The number of benzene rings is 1. The third-order valence-electron chi connectivity index (χ3n) is 3.87. The van der Waals surface area contributed by atoms with Gasteiger partial charge in [-0.2, -0.15) is 8.42 Å². The molecule has 0 radical (unpaired) electrons. The summed E-state index contributed by atoms with van der Waals surface area (Å²) in [5.41, 5.74) is 0.657. The van der Waals surface area contributed by atoms with Crippen molar-refractivity contribution >= 4 is 50.3 Å². The third-order valence-corrected chi connectivity index (χ3v) is 7.64. The Labute approximate surface area is 177 Å². The van der Waals surface area contributed by atoms with Gasteiger partial charge < -0.3 is 9.47 Å². The lowest BCUT2D eigenvalue weighted by Gasteiger charge is -2.12. The minimum Gasteiger partial charge on any atom is -0.497 e. The predicted octanol–water partition coefficient (Wildman–Crippen LogP) is 3.61. The van der Waals surface area contributed by atoms with Crippen molar-refractivity contribution in [2.45, 2.75) is 4.21 Å². The van der Waals surface area contributed by atoms with E-state index in [-0.39, 0.29) is 21.8 Å². The summed E-state index contributed by atoms with van der Waals surface area (Å²) in [4.78, 5) is 14.5. The zero-order valence-corrected chi connectivity index (χ0v) is 18.1. The average Bonchev–Trinajstić information content (AvgIpc) is 3.34. The molecular weight excluding hydrogens is 432 g/mol. The number of thioether (sulfide) groups is 1. The van der Waals surface area contributed by atoms with Crippen molar-refractivity contribution in [2.75, 3.05) is 20.8 Å². The van der Waals surface area contributed by atoms with Crippen molar-refractivity contribution in [3.8, 4) is 11.5 Å². The van der Waals surface area contributed by atoms with Gasteiger partial charge in [-0.25, -0.2) is 0 Å². The molecule has 1 aliphatic heterocycles. The molecule has 1 aliphatic rings. The molecule has 7 nitrogen and oxygen atoms in total. The van der Waals surface area contributed by atoms with E-state index in [1.807, 2.05) is 0 Å². The Balaban J connectivity index is 2.01. The molecule has 1 aromatic carbocycles. The van der Waals surface area contributed by atoms with E-state index in [4.69, 9.17) is 9.47 Å². The third kappa shape index (κ3) is 4.55. The summed E-state index contributed by atoms with van der Waals surface area (Å²) >= 11 is 2.06. The molecule has 1 saturated heterocycles. The lowest BCUT2D eigenvalue weighted by atomic mass is 10.1. The molecule has 29 heavy (non-hydrogen) atoms. The first-order valence-electron chi connectivity index (χ1n) is 8.32. The van der Waals surface area contributed by atoms with Crippen molar-refractivity contribution in [1.29, 1.82) is 0 Å². The molecule has 0 bridgehead atoms. The fourth-order valence-electron chi connectivity index (χ4n) is 2.50. The number of methoxy groups -OCH3 is 2. The Bertz CT molecular complexity index is 1090. The number of rotatable bonds is 7. The van der Waals surface area contributed by atoms with E-state index in [1.165, 1.54) is 24.2 Å². The predicted molar refractivity (Wildman–Crippen MR) is 116 cm³/mol. The number of nitrogens with zero attached hydrogens (tertiary/aromatic N) is 2. The Kier molecular flexibility index (Phi) is 6.46. The topological polar surface area (TPSA) is 85.3 Å². The van der Waals surface area contributed by atoms with Crippen molar-refractivity contribution in [3.05, 3.63) is 58.8 Å². The molecule has 0 aliphatic carbocycles. The quantitative estimate of drug-likeness (QED) is 0.473. The molecule has 10 heteroatoms. The second-order valence-electron chi connectivity index (χ2n) is 5.70. The van der Waals surface area contributed by atoms with Crippen molar-refractivity contribution in [1.82, 2.24) is 4.90 Å². The van der Waals surface area contributed by atoms with Crippen LogP contribution >= 0.6 is 23.1 Å². The zero-order valence-electron chi connectivity index (χ0n) is 15.7. The van der Waals surface area contributed by atoms with E-state index in [2.05, 4.69) is 11.0 Å². The second-order valence-corrected chi connectivity index (χ2v) is 9.49. The number of hydrogen-bond donors (Lipinski definition) is 0. The van der Waals surface area contributed by atoms with Crippen LogP contribution in [0, 0.1) is 0 Å². The maximum atomic E-state index is 12.9. The minimum absolute atomic E-state index is 0.0852. The number of ether oxygens (including phenoxy) is 2. The maximum absolute atomic E-state index is 12.9. The SMILES string of the molecule is C=CCN1C(=O)C(=Cc2ccc(OC)cc2OC)SC1=NS(=O)(=O)c1cccs1. The second kappa shape index (κ2) is 8.85. The van der Waals surface area contributed by atoms with E-state index < -0.39 is 10.0 Å². The maximum Gasteiger partial charge on any atom is 0.294 e. The highest BCUT2D eigenvalue weighted by molar-refractivity contribution is 8.19. The lowest BCUT2D eigenvalue weighted by Crippen LogP contribution is -2.29. The summed E-state index contributed by atoms with van der Waals surface area (Å²) in [6.45, 7) is 3.78. The van der Waals surface area contributed by atoms with Crippen LogP contribution in [0.25, 0.3) is 6.08 Å². The van der Waals surface area contributed by atoms with Crippen molar-refractivity contribution in [2.24, 2.45) is 4.40 Å². The van der Waals surface area contributed by atoms with Gasteiger partial charge >= 0.3 is 0 Å². The van der Waals surface area contributed by atoms with Gasteiger partial charge in [0.15, 0.2) is 5.17 Å². The van der Waals surface area contributed by atoms with Gasteiger partial charge in [0.05, 0.1) is 19.1 Å². The Hall–Kier alpha value is -2.56. The molecule has 0 N–H and O–H groups in total. The van der Waals surface area contributed by atoms with Gasteiger partial charge in [0, 0.05) is 18.2 Å². The van der Waals surface area contributed by atoms with Gasteiger partial charge in [0.1, 0.15) is 15.7 Å². The van der Waals surface area contributed by atoms with Gasteiger partial charge in [-0.3, -0.25) is 9.69 Å². The summed E-state index contributed by atoms with van der Waals surface area (Å²) in [5, 5.41) is 1.74. The van der Waals surface area contributed by atoms with E-state index in [1.54, 1.807) is 42.8 Å². The summed E-state index contributed by atoms with van der Waals surface area (Å²) in [7, 11) is -0.837. The number of carbonyl (C=O) groups is 1. The molecule has 2 aromatic rings. The molecule has 1 aromatic heterocycles. The number of amidine groups is 1. The Morgan fingerprint density at radius 1 is 1.24 bits per heavy atom. The number of sulfonamides is 1. The molecule has 0 unspecified atom stereocenters. The van der Waals surface area contributed by atoms with E-state index in [9.17, 15) is 13.2 Å². The summed E-state index contributed by atoms with van der Waals surface area (Å²) < 4.78 is 39.6. The average molecular weight is 451 g/mol. The van der Waals surface area contributed by atoms with E-state index >= 15 is 0 Å². The standard InChI is InChI=1S/C19H18N2O5S3/c1-4-9-21-18(22)16(11-13-7-8-14(25-2)12-15(13)26-3)28-19(21)20-29(23,24)17-6-5-10-27-17/h4-8,10-12H,1,9H2,2-3H3. The van der Waals surface area contributed by atoms with Crippen LogP contribution in [-0.4, -0.2) is 45.2 Å². The highest BCUT2D eigenvalue weighted by Crippen LogP contribution is 2.36. The molecule has 152 valence electrons. The van der Waals surface area contributed by atoms with Gasteiger partial charge in [-0.1, -0.05) is 12.1 Å². The number of thiophene rings is 1. The summed E-state index contributed by atoms with van der Waals surface area (Å²) in [6, 6.07) is 8.31. The molecule has 3 rings (SSSR count). The van der Waals surface area contributed by atoms with Crippen LogP contribution in [0.5, 0.6) is 11.5 Å². The van der Waals surface area contributed by atoms with Gasteiger partial charge in [-0.05, 0) is 41.4 Å². The first-order valence-corrected chi connectivity index (χ1v) is 11.5. The monoisotopic (exact) mass is 450 g/mol. The molecule has 0 spiro atoms. The van der Waals surface area contributed by atoms with Crippen molar-refractivity contribution in [3.63, 3.8) is 0 Å². The Morgan fingerprint density at radius 3 is 2.66 bits per heavy atom. The van der Waals surface area contributed by atoms with Crippen LogP contribution in [0.4, 0.5) is 0 Å². The molecule has 1 amide bonds. The summed E-state index contributed by atoms with van der Waals surface area (Å²) in [5.74, 6) is 0.789. The largest absolute Gasteiger partial charge is 0.497 e. The molecular formula is C19H18N2O5S3. The molecule has 2 heterocycles. The highest BCUT2D eigenvalue weighted by Gasteiger charge is 2.34. The van der Waals surface area contributed by atoms with Gasteiger partial charge in [0.25, 0.3) is 15.9 Å². The van der Waals surface area contributed by atoms with Crippen LogP contribution in [0.15, 0.2) is 61.9 Å². The Morgan fingerprint density at radius 2 is 2.03 bits per heavy atom. The first kappa shape index (κ1) is 21.2. The number of amides is 1. The van der Waals surface area contributed by atoms with Crippen LogP contribution in [0.1, 0.15) is 5.56 Å². The smallest absolute Gasteiger partial charge is 0.294 e. The van der Waals surface area contributed by atoms with E-state index in [0.29, 0.717) is 22.0 Å². The molecule has 0 saturated carbocycles. The number of hydrogen-bond acceptors (Lipinski definition) is 7. The fraction of sp³-hybridized carbons (Fsp3) is 0.158. The van der Waals surface area contributed by atoms with Gasteiger partial charge in [0.2, 0.25) is 0 Å². The highest BCUT2D eigenvalue weighted by atomic mass is 32.2. The molecule has 0 atom stereocenters. The number of carbonyl (C=O) groups excluding carboxylic acids is 1. The van der Waals surface area contributed by atoms with E-state index in [0.717, 1.165) is 23.1 Å². The molecule has 1 fully saturated rings. The van der Waals surface area contributed by atoms with Crippen LogP contribution in [0.3, 0.4) is 0 Å². The van der Waals surface area contributed by atoms with Crippen LogP contribution in [-0.2, 0) is 14.8 Å². The fourth-order valence-corrected chi connectivity index (χ4v) is 5.65. The van der Waals surface area contributed by atoms with Gasteiger partial charge in [-0.15, -0.1) is 22.3 Å². The van der Waals surface area contributed by atoms with Crippen LogP contribution < -0.4 is 9.47 Å². The first-order chi connectivity index (χ1) is 13.9. The minimum atomic E-state index is -3.90. The van der Waals surface area contributed by atoms with Crippen molar-refractivity contribution < 1.29 is 22.7 Å². The lowest BCUT2D eigenvalue weighted by molar-refractivity contribution is -0.121. The van der Waals surface area contributed by atoms with Crippen LogP contribution in [0.2, 0.25) is 0 Å². The summed E-state index contributed by atoms with van der Waals surface area (Å²) in [6.07, 6.45) is 3.16.